The summed E-state index contributed by atoms with van der Waals surface area (Å²) in [7, 11) is 0. The highest BCUT2D eigenvalue weighted by atomic mass is 32.1. The fourth-order valence-electron chi connectivity index (χ4n) is 0.771. The van der Waals surface area contributed by atoms with Gasteiger partial charge in [-0.1, -0.05) is 0 Å². The predicted molar refractivity (Wildman–Crippen MR) is 44.7 cm³/mol. The van der Waals surface area contributed by atoms with E-state index in [1.54, 1.807) is 0 Å². The smallest absolute Gasteiger partial charge is 0.105 e. The summed E-state index contributed by atoms with van der Waals surface area (Å²) in [5.41, 5.74) is 1.88. The van der Waals surface area contributed by atoms with Crippen molar-refractivity contribution in [2.75, 3.05) is 0 Å². The number of nitrogens with zero attached hydrogens (tertiary/aromatic N) is 2. The molecule has 0 fully saturated rings. The number of hydrogen-bond acceptors (Lipinski definition) is 4. The van der Waals surface area contributed by atoms with Crippen LogP contribution in [0.15, 0.2) is 23.1 Å². The van der Waals surface area contributed by atoms with Crippen LogP contribution in [0.2, 0.25) is 0 Å². The van der Waals surface area contributed by atoms with Crippen molar-refractivity contribution >= 4 is 35.4 Å². The molecule has 2 rings (SSSR count). The lowest BCUT2D eigenvalue weighted by atomic mass is 10.3. The third-order valence-electron chi connectivity index (χ3n) is 1.24. The normalized spacial score (nSPS) is 10.5. The van der Waals surface area contributed by atoms with Crippen LogP contribution < -0.4 is 0 Å². The van der Waals surface area contributed by atoms with E-state index in [-0.39, 0.29) is 0 Å². The van der Waals surface area contributed by atoms with Gasteiger partial charge in [0.1, 0.15) is 11.0 Å². The van der Waals surface area contributed by atoms with Crippen LogP contribution >= 0.6 is 24.4 Å². The molecule has 0 unspecified atom stereocenters. The molecule has 0 bridgehead atoms. The fraction of sp³-hybridized carbons (Fsp3) is 0. The molecule has 2 nitrogen and oxygen atoms in total. The summed E-state index contributed by atoms with van der Waals surface area (Å²) in [5, 5.41) is 0. The maximum absolute atomic E-state index is 4.17. The Hall–Kier alpha value is -0.610. The van der Waals surface area contributed by atoms with Gasteiger partial charge in [0, 0.05) is 4.90 Å². The van der Waals surface area contributed by atoms with Crippen LogP contribution in [0.25, 0.3) is 11.0 Å². The molecular formula is C6H4N2S2. The van der Waals surface area contributed by atoms with E-state index in [0.717, 1.165) is 15.9 Å². The summed E-state index contributed by atoms with van der Waals surface area (Å²) in [5.74, 6) is 0. The van der Waals surface area contributed by atoms with Gasteiger partial charge >= 0.3 is 0 Å². The molecule has 0 N–H and O–H groups in total. The molecular weight excluding hydrogens is 164 g/mol. The van der Waals surface area contributed by atoms with Gasteiger partial charge in [-0.3, -0.25) is 0 Å². The number of hydrogen-bond donors (Lipinski definition) is 1. The summed E-state index contributed by atoms with van der Waals surface area (Å²) in [6.07, 6.45) is 0. The van der Waals surface area contributed by atoms with Gasteiger partial charge in [-0.25, -0.2) is 0 Å². The Morgan fingerprint density at radius 2 is 2.00 bits per heavy atom. The van der Waals surface area contributed by atoms with Crippen LogP contribution in [-0.4, -0.2) is 8.75 Å². The molecule has 1 aromatic carbocycles. The summed E-state index contributed by atoms with van der Waals surface area (Å²) in [6.45, 7) is 0. The highest BCUT2D eigenvalue weighted by Gasteiger charge is 1.95. The second-order valence-corrected chi connectivity index (χ2v) is 2.98. The first-order valence-corrected chi connectivity index (χ1v) is 3.95. The summed E-state index contributed by atoms with van der Waals surface area (Å²) >= 11 is 5.40. The molecule has 0 atom stereocenters. The Kier molecular flexibility index (Phi) is 1.35. The van der Waals surface area contributed by atoms with Crippen LogP contribution in [0.1, 0.15) is 0 Å². The van der Waals surface area contributed by atoms with E-state index in [2.05, 4.69) is 21.4 Å². The van der Waals surface area contributed by atoms with E-state index in [0.29, 0.717) is 0 Å². The summed E-state index contributed by atoms with van der Waals surface area (Å²) in [6, 6.07) is 5.73. The zero-order valence-electron chi connectivity index (χ0n) is 4.98. The molecule has 0 spiro atoms. The largest absolute Gasteiger partial charge is 0.173 e. The molecule has 1 aromatic heterocycles. The van der Waals surface area contributed by atoms with Gasteiger partial charge in [-0.15, -0.1) is 12.6 Å². The number of fused-ring (bicyclic) bond motifs is 1. The second-order valence-electron chi connectivity index (χ2n) is 1.94. The highest BCUT2D eigenvalue weighted by molar-refractivity contribution is 7.80. The summed E-state index contributed by atoms with van der Waals surface area (Å²) < 4.78 is 8.12. The third kappa shape index (κ3) is 0.892. The molecule has 0 aliphatic rings. The van der Waals surface area contributed by atoms with Crippen molar-refractivity contribution in [3.63, 3.8) is 0 Å². The minimum atomic E-state index is 0.928. The highest BCUT2D eigenvalue weighted by Crippen LogP contribution is 2.15. The summed E-state index contributed by atoms with van der Waals surface area (Å²) in [4.78, 5) is 0.931. The fourth-order valence-corrected chi connectivity index (χ4v) is 1.48. The number of benzene rings is 1. The molecule has 0 amide bonds. The minimum absolute atomic E-state index is 0.928. The van der Waals surface area contributed by atoms with Gasteiger partial charge in [0.15, 0.2) is 0 Å². The van der Waals surface area contributed by atoms with Gasteiger partial charge in [-0.2, -0.15) is 8.75 Å². The van der Waals surface area contributed by atoms with Gasteiger partial charge < -0.3 is 0 Å². The van der Waals surface area contributed by atoms with Gasteiger partial charge in [0.2, 0.25) is 0 Å². The quantitative estimate of drug-likeness (QED) is 0.609. The van der Waals surface area contributed by atoms with Crippen LogP contribution in [0, 0.1) is 0 Å². The monoisotopic (exact) mass is 168 g/mol. The van der Waals surface area contributed by atoms with Crippen LogP contribution in [0.5, 0.6) is 0 Å². The average molecular weight is 168 g/mol. The van der Waals surface area contributed by atoms with Gasteiger partial charge in [-0.05, 0) is 18.2 Å². The van der Waals surface area contributed by atoms with Crippen LogP contribution in [-0.2, 0) is 0 Å². The van der Waals surface area contributed by atoms with Crippen molar-refractivity contribution < 1.29 is 0 Å². The number of rotatable bonds is 0. The Balaban J connectivity index is 2.86. The zero-order valence-corrected chi connectivity index (χ0v) is 6.69. The minimum Gasteiger partial charge on any atom is -0.173 e. The van der Waals surface area contributed by atoms with Crippen molar-refractivity contribution in [3.8, 4) is 0 Å². The molecule has 0 saturated carbocycles. The van der Waals surface area contributed by atoms with E-state index >= 15 is 0 Å². The van der Waals surface area contributed by atoms with E-state index in [1.165, 1.54) is 11.7 Å². The molecule has 4 heteroatoms. The van der Waals surface area contributed by atoms with E-state index in [1.807, 2.05) is 18.2 Å². The molecule has 0 saturated heterocycles. The Morgan fingerprint density at radius 3 is 2.90 bits per heavy atom. The average Bonchev–Trinajstić information content (AvgIpc) is 2.33. The Bertz CT molecular complexity index is 355. The van der Waals surface area contributed by atoms with Crippen molar-refractivity contribution in [1.82, 2.24) is 8.75 Å². The zero-order chi connectivity index (χ0) is 6.97. The first kappa shape index (κ1) is 6.12. The van der Waals surface area contributed by atoms with Crippen LogP contribution in [0.4, 0.5) is 0 Å². The topological polar surface area (TPSA) is 25.8 Å². The first-order chi connectivity index (χ1) is 4.86. The molecule has 50 valence electrons. The van der Waals surface area contributed by atoms with E-state index < -0.39 is 0 Å². The molecule has 0 aliphatic heterocycles. The molecule has 0 aliphatic carbocycles. The number of thiol groups is 1. The SMILES string of the molecule is Sc1ccc2nsnc2c1. The molecule has 10 heavy (non-hydrogen) atoms. The maximum atomic E-state index is 4.17. The molecule has 0 radical (unpaired) electrons. The van der Waals surface area contributed by atoms with Gasteiger partial charge in [0.05, 0.1) is 11.7 Å². The first-order valence-electron chi connectivity index (χ1n) is 2.77. The van der Waals surface area contributed by atoms with Crippen LogP contribution in [0.3, 0.4) is 0 Å². The predicted octanol–water partition coefficient (Wildman–Crippen LogP) is 1.98. The second kappa shape index (κ2) is 2.21. The lowest BCUT2D eigenvalue weighted by Crippen LogP contribution is -1.68. The lowest BCUT2D eigenvalue weighted by Gasteiger charge is -1.86. The van der Waals surface area contributed by atoms with E-state index in [4.69, 9.17) is 0 Å². The van der Waals surface area contributed by atoms with Crippen molar-refractivity contribution in [1.29, 1.82) is 0 Å². The number of aromatic nitrogens is 2. The Labute approximate surface area is 67.6 Å². The maximum Gasteiger partial charge on any atom is 0.105 e. The van der Waals surface area contributed by atoms with Gasteiger partial charge in [0.25, 0.3) is 0 Å². The molecule has 1 heterocycles. The van der Waals surface area contributed by atoms with Crippen molar-refractivity contribution in [2.24, 2.45) is 0 Å². The van der Waals surface area contributed by atoms with Crippen molar-refractivity contribution in [2.45, 2.75) is 4.90 Å². The molecule has 2 aromatic rings. The van der Waals surface area contributed by atoms with E-state index in [9.17, 15) is 0 Å². The standard InChI is InChI=1S/C6H4N2S2/c9-4-1-2-5-6(3-4)8-10-7-5/h1-3,9H. The van der Waals surface area contributed by atoms with Crippen molar-refractivity contribution in [3.05, 3.63) is 18.2 Å². The lowest BCUT2D eigenvalue weighted by molar-refractivity contribution is 1.49. The third-order valence-corrected chi connectivity index (χ3v) is 2.07. The Morgan fingerprint density at radius 1 is 1.20 bits per heavy atom.